The molecular formula is C15H12ClN3O2. The summed E-state index contributed by atoms with van der Waals surface area (Å²) in [4.78, 5) is 17.4. The molecule has 0 bridgehead atoms. The summed E-state index contributed by atoms with van der Waals surface area (Å²) >= 11 is 6.01. The van der Waals surface area contributed by atoms with Crippen LogP contribution in [0, 0.1) is 11.3 Å². The SMILES string of the molecule is CC(=O)OC1CN=C2C(C#N)=Cc3cc(Cl)ccc3N2C1. The van der Waals surface area contributed by atoms with E-state index < -0.39 is 0 Å². The molecule has 0 N–H and O–H groups in total. The quantitative estimate of drug-likeness (QED) is 0.747. The van der Waals surface area contributed by atoms with Gasteiger partial charge in [-0.2, -0.15) is 5.26 Å². The van der Waals surface area contributed by atoms with Crippen molar-refractivity contribution < 1.29 is 9.53 Å². The van der Waals surface area contributed by atoms with Gasteiger partial charge in [0.05, 0.1) is 18.7 Å². The highest BCUT2D eigenvalue weighted by molar-refractivity contribution is 6.31. The smallest absolute Gasteiger partial charge is 0.303 e. The van der Waals surface area contributed by atoms with E-state index in [1.165, 1.54) is 6.92 Å². The number of fused-ring (bicyclic) bond motifs is 3. The van der Waals surface area contributed by atoms with Gasteiger partial charge in [-0.25, -0.2) is 0 Å². The van der Waals surface area contributed by atoms with Gasteiger partial charge in [0.2, 0.25) is 0 Å². The monoisotopic (exact) mass is 301 g/mol. The average molecular weight is 302 g/mol. The molecule has 6 heteroatoms. The van der Waals surface area contributed by atoms with Crippen LogP contribution in [0.3, 0.4) is 0 Å². The summed E-state index contributed by atoms with van der Waals surface area (Å²) in [6.07, 6.45) is 1.47. The first kappa shape index (κ1) is 13.7. The number of rotatable bonds is 1. The third kappa shape index (κ3) is 2.50. The normalized spacial score (nSPS) is 19.7. The Kier molecular flexibility index (Phi) is 3.40. The lowest BCUT2D eigenvalue weighted by Gasteiger charge is -2.36. The Balaban J connectivity index is 2.04. The summed E-state index contributed by atoms with van der Waals surface area (Å²) in [5.74, 6) is 0.291. The van der Waals surface area contributed by atoms with Crippen molar-refractivity contribution in [3.05, 3.63) is 34.4 Å². The van der Waals surface area contributed by atoms with Crippen LogP contribution in [0.4, 0.5) is 5.69 Å². The number of ether oxygens (including phenoxy) is 1. The highest BCUT2D eigenvalue weighted by Gasteiger charge is 2.31. The number of hydrogen-bond acceptors (Lipinski definition) is 5. The van der Waals surface area contributed by atoms with Crippen molar-refractivity contribution in [1.29, 1.82) is 5.26 Å². The third-order valence-electron chi connectivity index (χ3n) is 3.36. The van der Waals surface area contributed by atoms with Crippen LogP contribution in [-0.2, 0) is 9.53 Å². The number of anilines is 1. The molecule has 0 aliphatic carbocycles. The minimum atomic E-state index is -0.331. The van der Waals surface area contributed by atoms with E-state index >= 15 is 0 Å². The molecule has 0 spiro atoms. The zero-order valence-electron chi connectivity index (χ0n) is 11.3. The Labute approximate surface area is 127 Å². The maximum absolute atomic E-state index is 11.1. The van der Waals surface area contributed by atoms with Gasteiger partial charge >= 0.3 is 5.97 Å². The van der Waals surface area contributed by atoms with Crippen molar-refractivity contribution in [3.8, 4) is 6.07 Å². The molecule has 0 amide bonds. The maximum atomic E-state index is 11.1. The van der Waals surface area contributed by atoms with Crippen molar-refractivity contribution in [2.45, 2.75) is 13.0 Å². The number of esters is 1. The van der Waals surface area contributed by atoms with Gasteiger partial charge in [-0.3, -0.25) is 9.79 Å². The molecule has 0 radical (unpaired) electrons. The van der Waals surface area contributed by atoms with Gasteiger partial charge in [-0.1, -0.05) is 11.6 Å². The Bertz CT molecular complexity index is 718. The summed E-state index contributed by atoms with van der Waals surface area (Å²) in [7, 11) is 0. The Morgan fingerprint density at radius 2 is 2.38 bits per heavy atom. The first-order chi connectivity index (χ1) is 10.1. The molecule has 2 aliphatic heterocycles. The van der Waals surface area contributed by atoms with E-state index in [2.05, 4.69) is 11.1 Å². The van der Waals surface area contributed by atoms with Crippen LogP contribution < -0.4 is 4.90 Å². The van der Waals surface area contributed by atoms with Gasteiger partial charge in [-0.05, 0) is 24.3 Å². The second kappa shape index (κ2) is 5.23. The van der Waals surface area contributed by atoms with Crippen molar-refractivity contribution in [2.75, 3.05) is 18.0 Å². The fourth-order valence-electron chi connectivity index (χ4n) is 2.56. The van der Waals surface area contributed by atoms with Crippen LogP contribution in [0.5, 0.6) is 0 Å². The van der Waals surface area contributed by atoms with Crippen LogP contribution in [0.2, 0.25) is 5.02 Å². The molecule has 1 aromatic carbocycles. The Morgan fingerprint density at radius 1 is 1.57 bits per heavy atom. The standard InChI is InChI=1S/C15H12ClN3O2/c1-9(20)21-13-7-18-15-11(6-17)4-10-5-12(16)2-3-14(10)19(15)8-13/h2-5,13H,7-8H2,1H3. The molecule has 5 nitrogen and oxygen atoms in total. The van der Waals surface area contributed by atoms with Crippen molar-refractivity contribution in [1.82, 2.24) is 0 Å². The van der Waals surface area contributed by atoms with E-state index in [4.69, 9.17) is 16.3 Å². The summed E-state index contributed by atoms with van der Waals surface area (Å²) in [6, 6.07) is 7.64. The number of carbonyl (C=O) groups is 1. The molecule has 106 valence electrons. The lowest BCUT2D eigenvalue weighted by atomic mass is 10.0. The zero-order valence-corrected chi connectivity index (χ0v) is 12.1. The summed E-state index contributed by atoms with van der Waals surface area (Å²) in [5, 5.41) is 9.90. The molecule has 2 aliphatic rings. The third-order valence-corrected chi connectivity index (χ3v) is 3.60. The molecule has 0 saturated heterocycles. The van der Waals surface area contributed by atoms with Crippen LogP contribution in [-0.4, -0.2) is 31.0 Å². The molecule has 2 heterocycles. The molecule has 0 saturated carbocycles. The van der Waals surface area contributed by atoms with Gasteiger partial charge in [-0.15, -0.1) is 0 Å². The Hall–Kier alpha value is -2.32. The van der Waals surface area contributed by atoms with Crippen molar-refractivity contribution in [2.24, 2.45) is 4.99 Å². The number of amidine groups is 1. The first-order valence-corrected chi connectivity index (χ1v) is 6.87. The molecule has 1 atom stereocenters. The zero-order chi connectivity index (χ0) is 15.0. The molecule has 0 aromatic heterocycles. The molecule has 1 unspecified atom stereocenters. The van der Waals surface area contributed by atoms with Crippen LogP contribution >= 0.6 is 11.6 Å². The number of benzene rings is 1. The largest absolute Gasteiger partial charge is 0.459 e. The number of hydrogen-bond donors (Lipinski definition) is 0. The summed E-state index contributed by atoms with van der Waals surface area (Å²) in [5.41, 5.74) is 2.27. The minimum absolute atomic E-state index is 0.312. The van der Waals surface area contributed by atoms with Gasteiger partial charge in [0.15, 0.2) is 0 Å². The lowest BCUT2D eigenvalue weighted by molar-refractivity contribution is -0.145. The molecule has 1 aromatic rings. The number of nitrogens with zero attached hydrogens (tertiary/aromatic N) is 3. The summed E-state index contributed by atoms with van der Waals surface area (Å²) in [6.45, 7) is 2.23. The average Bonchev–Trinajstić information content (AvgIpc) is 2.45. The fraction of sp³-hybridized carbons (Fsp3) is 0.267. The highest BCUT2D eigenvalue weighted by Crippen LogP contribution is 2.33. The maximum Gasteiger partial charge on any atom is 0.303 e. The van der Waals surface area contributed by atoms with Crippen molar-refractivity contribution >= 4 is 35.2 Å². The number of carbonyl (C=O) groups excluding carboxylic acids is 1. The van der Waals surface area contributed by atoms with Crippen LogP contribution in [0.25, 0.3) is 6.08 Å². The fourth-order valence-corrected chi connectivity index (χ4v) is 2.74. The van der Waals surface area contributed by atoms with Crippen LogP contribution in [0.15, 0.2) is 28.8 Å². The molecular weight excluding hydrogens is 290 g/mol. The number of nitriles is 1. The van der Waals surface area contributed by atoms with Crippen LogP contribution in [0.1, 0.15) is 12.5 Å². The van der Waals surface area contributed by atoms with Gasteiger partial charge in [0, 0.05) is 23.2 Å². The Morgan fingerprint density at radius 3 is 3.10 bits per heavy atom. The van der Waals surface area contributed by atoms with Gasteiger partial charge < -0.3 is 9.64 Å². The molecule has 3 rings (SSSR count). The second-order valence-electron chi connectivity index (χ2n) is 4.88. The van der Waals surface area contributed by atoms with E-state index in [-0.39, 0.29) is 12.1 Å². The molecule has 0 fully saturated rings. The van der Waals surface area contributed by atoms with E-state index in [9.17, 15) is 10.1 Å². The molecule has 21 heavy (non-hydrogen) atoms. The second-order valence-corrected chi connectivity index (χ2v) is 5.32. The van der Waals surface area contributed by atoms with E-state index in [0.29, 0.717) is 29.5 Å². The number of halogens is 1. The predicted octanol–water partition coefficient (Wildman–Crippen LogP) is 2.41. The van der Waals surface area contributed by atoms with Gasteiger partial charge in [0.25, 0.3) is 0 Å². The summed E-state index contributed by atoms with van der Waals surface area (Å²) < 4.78 is 5.23. The van der Waals surface area contributed by atoms with E-state index in [1.54, 1.807) is 18.2 Å². The van der Waals surface area contributed by atoms with Gasteiger partial charge in [0.1, 0.15) is 18.0 Å². The topological polar surface area (TPSA) is 65.7 Å². The predicted molar refractivity (Wildman–Crippen MR) is 80.2 cm³/mol. The number of aliphatic imine (C=N–C) groups is 1. The highest BCUT2D eigenvalue weighted by atomic mass is 35.5. The lowest BCUT2D eigenvalue weighted by Crippen LogP contribution is -2.46. The first-order valence-electron chi connectivity index (χ1n) is 6.49. The van der Waals surface area contributed by atoms with Crippen molar-refractivity contribution in [3.63, 3.8) is 0 Å². The van der Waals surface area contributed by atoms with E-state index in [1.807, 2.05) is 11.0 Å². The minimum Gasteiger partial charge on any atom is -0.459 e. The van der Waals surface area contributed by atoms with E-state index in [0.717, 1.165) is 11.3 Å².